The molecule has 1 aromatic carbocycles. The van der Waals surface area contributed by atoms with Gasteiger partial charge in [0.2, 0.25) is 12.4 Å². The van der Waals surface area contributed by atoms with Crippen LogP contribution in [0.4, 0.5) is 0 Å². The lowest BCUT2D eigenvalue weighted by atomic mass is 10.1. The third-order valence-corrected chi connectivity index (χ3v) is 2.45. The first-order valence-electron chi connectivity index (χ1n) is 5.11. The number of hydrogen-bond donors (Lipinski definition) is 0. The average molecular weight is 212 g/mol. The number of para-hydroxylation sites is 1. The highest BCUT2D eigenvalue weighted by Gasteiger charge is 2.07. The molecule has 0 saturated heterocycles. The van der Waals surface area contributed by atoms with Gasteiger partial charge in [0.25, 0.3) is 0 Å². The maximum absolute atomic E-state index is 6.81. The van der Waals surface area contributed by atoms with Gasteiger partial charge >= 0.3 is 0 Å². The zero-order valence-electron chi connectivity index (χ0n) is 9.10. The molecule has 16 heavy (non-hydrogen) atoms. The van der Waals surface area contributed by atoms with Crippen LogP contribution in [-0.4, -0.2) is 18.6 Å². The molecule has 1 aromatic heterocycles. The first-order valence-corrected chi connectivity index (χ1v) is 5.11. The maximum Gasteiger partial charge on any atom is 0.218 e. The minimum Gasteiger partial charge on any atom is -0.481 e. The van der Waals surface area contributed by atoms with Crippen LogP contribution in [0.1, 0.15) is 5.56 Å². The summed E-state index contributed by atoms with van der Waals surface area (Å²) in [6.45, 7) is 7.27. The molecular formula is C13H12N2O. The van der Waals surface area contributed by atoms with Gasteiger partial charge < -0.3 is 9.58 Å². The van der Waals surface area contributed by atoms with E-state index in [0.717, 1.165) is 16.5 Å². The highest BCUT2D eigenvalue weighted by molar-refractivity contribution is 5.80. The molecule has 1 heterocycles. The molecular weight excluding hydrogens is 200 g/mol. The molecule has 3 heteroatoms. The normalized spacial score (nSPS) is 10.0. The van der Waals surface area contributed by atoms with Crippen molar-refractivity contribution in [2.24, 2.45) is 0 Å². The van der Waals surface area contributed by atoms with Crippen LogP contribution < -0.4 is 4.74 Å². The molecule has 0 radical (unpaired) electrons. The standard InChI is InChI=1S/C13H12N2O/c1-14-8-7-11-9-10-5-3-4-6-12(10)15-13(11)16-2/h3-6,9H,7-8H2,2H3. The Hall–Kier alpha value is -2.08. The largest absolute Gasteiger partial charge is 0.481 e. The van der Waals surface area contributed by atoms with Gasteiger partial charge in [0.15, 0.2) is 0 Å². The van der Waals surface area contributed by atoms with Crippen LogP contribution >= 0.6 is 0 Å². The van der Waals surface area contributed by atoms with E-state index in [4.69, 9.17) is 11.3 Å². The Labute approximate surface area is 94.5 Å². The lowest BCUT2D eigenvalue weighted by molar-refractivity contribution is 0.394. The van der Waals surface area contributed by atoms with E-state index in [0.29, 0.717) is 18.8 Å². The third-order valence-electron chi connectivity index (χ3n) is 2.45. The second-order valence-corrected chi connectivity index (χ2v) is 3.48. The molecule has 0 aliphatic rings. The molecule has 0 saturated carbocycles. The van der Waals surface area contributed by atoms with Crippen molar-refractivity contribution >= 4 is 10.9 Å². The van der Waals surface area contributed by atoms with Gasteiger partial charge in [-0.25, -0.2) is 11.6 Å². The molecule has 80 valence electrons. The molecule has 0 aliphatic heterocycles. The fourth-order valence-electron chi connectivity index (χ4n) is 1.67. The van der Waals surface area contributed by atoms with Crippen molar-refractivity contribution in [3.8, 4) is 5.88 Å². The zero-order valence-corrected chi connectivity index (χ0v) is 9.10. The van der Waals surface area contributed by atoms with E-state index >= 15 is 0 Å². The van der Waals surface area contributed by atoms with Crippen LogP contribution in [0.2, 0.25) is 0 Å². The molecule has 0 unspecified atom stereocenters. The van der Waals surface area contributed by atoms with Crippen molar-refractivity contribution < 1.29 is 4.74 Å². The quantitative estimate of drug-likeness (QED) is 0.731. The number of aromatic nitrogens is 1. The summed E-state index contributed by atoms with van der Waals surface area (Å²) in [6.07, 6.45) is 0.685. The number of pyridine rings is 1. The molecule has 0 atom stereocenters. The number of rotatable bonds is 3. The van der Waals surface area contributed by atoms with Crippen LogP contribution in [0, 0.1) is 6.57 Å². The van der Waals surface area contributed by atoms with Gasteiger partial charge in [-0.15, -0.1) is 0 Å². The Morgan fingerprint density at radius 3 is 2.94 bits per heavy atom. The van der Waals surface area contributed by atoms with Crippen molar-refractivity contribution in [2.45, 2.75) is 6.42 Å². The minimum atomic E-state index is 0.469. The zero-order chi connectivity index (χ0) is 11.4. The topological polar surface area (TPSA) is 26.5 Å². The lowest BCUT2D eigenvalue weighted by Crippen LogP contribution is -1.97. The summed E-state index contributed by atoms with van der Waals surface area (Å²) in [7, 11) is 1.61. The molecule has 0 amide bonds. The van der Waals surface area contributed by atoms with Crippen molar-refractivity contribution in [1.29, 1.82) is 0 Å². The smallest absolute Gasteiger partial charge is 0.218 e. The molecule has 0 bridgehead atoms. The Morgan fingerprint density at radius 2 is 2.19 bits per heavy atom. The van der Waals surface area contributed by atoms with Crippen LogP contribution in [0.3, 0.4) is 0 Å². The first kappa shape index (κ1) is 10.4. The predicted molar refractivity (Wildman–Crippen MR) is 63.5 cm³/mol. The number of benzene rings is 1. The van der Waals surface area contributed by atoms with E-state index in [9.17, 15) is 0 Å². The Kier molecular flexibility index (Phi) is 3.02. The van der Waals surface area contributed by atoms with Crippen molar-refractivity contribution in [1.82, 2.24) is 4.98 Å². The van der Waals surface area contributed by atoms with E-state index in [-0.39, 0.29) is 0 Å². The molecule has 2 aromatic rings. The number of ether oxygens (including phenoxy) is 1. The molecule has 0 fully saturated rings. The van der Waals surface area contributed by atoms with Crippen molar-refractivity contribution in [3.63, 3.8) is 0 Å². The summed E-state index contributed by atoms with van der Waals surface area (Å²) < 4.78 is 5.24. The van der Waals surface area contributed by atoms with E-state index in [1.54, 1.807) is 7.11 Å². The molecule has 0 aliphatic carbocycles. The van der Waals surface area contributed by atoms with Crippen LogP contribution in [0.25, 0.3) is 15.7 Å². The lowest BCUT2D eigenvalue weighted by Gasteiger charge is -2.06. The van der Waals surface area contributed by atoms with Gasteiger partial charge in [0.1, 0.15) is 0 Å². The molecule has 2 rings (SSSR count). The SMILES string of the molecule is [C-]#[N+]CCc1cc2ccccc2nc1OC. The van der Waals surface area contributed by atoms with Crippen molar-refractivity contribution in [3.05, 3.63) is 47.3 Å². The maximum atomic E-state index is 6.81. The van der Waals surface area contributed by atoms with Crippen LogP contribution in [0.15, 0.2) is 30.3 Å². The van der Waals surface area contributed by atoms with Gasteiger partial charge in [-0.3, -0.25) is 0 Å². The van der Waals surface area contributed by atoms with E-state index in [1.807, 2.05) is 30.3 Å². The van der Waals surface area contributed by atoms with Gasteiger partial charge in [-0.05, 0) is 12.1 Å². The summed E-state index contributed by atoms with van der Waals surface area (Å²) in [5.41, 5.74) is 1.92. The number of hydrogen-bond acceptors (Lipinski definition) is 2. The number of fused-ring (bicyclic) bond motifs is 1. The predicted octanol–water partition coefficient (Wildman–Crippen LogP) is 2.71. The molecule has 0 spiro atoms. The van der Waals surface area contributed by atoms with Gasteiger partial charge in [-0.2, -0.15) is 0 Å². The number of nitrogens with zero attached hydrogens (tertiary/aromatic N) is 2. The van der Waals surface area contributed by atoms with Crippen LogP contribution in [-0.2, 0) is 6.42 Å². The molecule has 3 nitrogen and oxygen atoms in total. The molecule has 0 N–H and O–H groups in total. The van der Waals surface area contributed by atoms with Crippen molar-refractivity contribution in [2.75, 3.05) is 13.7 Å². The van der Waals surface area contributed by atoms with E-state index < -0.39 is 0 Å². The Balaban J connectivity index is 2.50. The van der Waals surface area contributed by atoms with Gasteiger partial charge in [0, 0.05) is 10.9 Å². The second-order valence-electron chi connectivity index (χ2n) is 3.48. The summed E-state index contributed by atoms with van der Waals surface area (Å²) in [5, 5.41) is 1.09. The summed E-state index contributed by atoms with van der Waals surface area (Å²) in [6, 6.07) is 9.95. The number of methoxy groups -OCH3 is 1. The highest BCUT2D eigenvalue weighted by atomic mass is 16.5. The first-order chi connectivity index (χ1) is 7.85. The van der Waals surface area contributed by atoms with Gasteiger partial charge in [-0.1, -0.05) is 18.2 Å². The average Bonchev–Trinajstić information content (AvgIpc) is 2.35. The van der Waals surface area contributed by atoms with E-state index in [1.165, 1.54) is 0 Å². The highest BCUT2D eigenvalue weighted by Crippen LogP contribution is 2.22. The monoisotopic (exact) mass is 212 g/mol. The van der Waals surface area contributed by atoms with Crippen LogP contribution in [0.5, 0.6) is 5.88 Å². The third kappa shape index (κ3) is 1.96. The van der Waals surface area contributed by atoms with E-state index in [2.05, 4.69) is 9.83 Å². The summed E-state index contributed by atoms with van der Waals surface area (Å²) >= 11 is 0. The second kappa shape index (κ2) is 4.63. The Bertz CT molecular complexity index is 543. The van der Waals surface area contributed by atoms with Gasteiger partial charge in [0.05, 0.1) is 19.0 Å². The Morgan fingerprint density at radius 1 is 1.38 bits per heavy atom. The summed E-state index contributed by atoms with van der Waals surface area (Å²) in [5.74, 6) is 0.627. The minimum absolute atomic E-state index is 0.469. The summed E-state index contributed by atoms with van der Waals surface area (Å²) in [4.78, 5) is 7.77. The fraction of sp³-hybridized carbons (Fsp3) is 0.231. The fourth-order valence-corrected chi connectivity index (χ4v) is 1.67.